The minimum atomic E-state index is -0.162. The van der Waals surface area contributed by atoms with Gasteiger partial charge in [0.15, 0.2) is 5.82 Å². The van der Waals surface area contributed by atoms with Crippen LogP contribution in [0.15, 0.2) is 28.9 Å². The third-order valence-electron chi connectivity index (χ3n) is 2.47. The van der Waals surface area contributed by atoms with Crippen molar-refractivity contribution >= 4 is 0 Å². The maximum atomic E-state index is 5.90. The van der Waals surface area contributed by atoms with E-state index in [9.17, 15) is 0 Å². The zero-order chi connectivity index (χ0) is 12.1. The lowest BCUT2D eigenvalue weighted by Crippen LogP contribution is -2.10. The quantitative estimate of drug-likeness (QED) is 0.851. The van der Waals surface area contributed by atoms with Crippen molar-refractivity contribution < 1.29 is 4.52 Å². The molecule has 0 aliphatic carbocycles. The fourth-order valence-electron chi connectivity index (χ4n) is 1.59. The maximum absolute atomic E-state index is 5.90. The Morgan fingerprint density at radius 3 is 3.00 bits per heavy atom. The molecule has 0 fully saturated rings. The number of nitrogens with zero attached hydrogens (tertiary/aromatic N) is 3. The fraction of sp³-hybridized carbons (Fsp3) is 0.417. The molecule has 2 aromatic heterocycles. The molecule has 2 N–H and O–H groups in total. The monoisotopic (exact) mass is 232 g/mol. The van der Waals surface area contributed by atoms with E-state index in [1.165, 1.54) is 0 Å². The Labute approximate surface area is 100 Å². The van der Waals surface area contributed by atoms with Gasteiger partial charge >= 0.3 is 0 Å². The van der Waals surface area contributed by atoms with Crippen LogP contribution >= 0.6 is 0 Å². The SMILES string of the molecule is CCC[C@@H](N)c1nc(Cc2ccccn2)no1. The summed E-state index contributed by atoms with van der Waals surface area (Å²) in [6.45, 7) is 2.07. The number of aromatic nitrogens is 3. The van der Waals surface area contributed by atoms with Crippen molar-refractivity contribution in [3.63, 3.8) is 0 Å². The van der Waals surface area contributed by atoms with E-state index in [4.69, 9.17) is 10.3 Å². The van der Waals surface area contributed by atoms with Gasteiger partial charge in [0.05, 0.1) is 12.5 Å². The predicted molar refractivity (Wildman–Crippen MR) is 63.2 cm³/mol. The molecular formula is C12H16N4O. The van der Waals surface area contributed by atoms with Crippen LogP contribution in [0.5, 0.6) is 0 Å². The molecule has 0 saturated carbocycles. The average Bonchev–Trinajstić information content (AvgIpc) is 2.79. The Kier molecular flexibility index (Phi) is 3.82. The molecule has 5 nitrogen and oxygen atoms in total. The minimum absolute atomic E-state index is 0.162. The smallest absolute Gasteiger partial charge is 0.243 e. The third kappa shape index (κ3) is 3.10. The molecule has 90 valence electrons. The average molecular weight is 232 g/mol. The van der Waals surface area contributed by atoms with E-state index in [1.807, 2.05) is 18.2 Å². The van der Waals surface area contributed by atoms with Gasteiger partial charge in [-0.05, 0) is 18.6 Å². The largest absolute Gasteiger partial charge is 0.338 e. The van der Waals surface area contributed by atoms with Crippen LogP contribution in [0, 0.1) is 0 Å². The van der Waals surface area contributed by atoms with Gasteiger partial charge in [-0.3, -0.25) is 4.98 Å². The molecule has 0 unspecified atom stereocenters. The molecular weight excluding hydrogens is 216 g/mol. The summed E-state index contributed by atoms with van der Waals surface area (Å²) < 4.78 is 5.14. The van der Waals surface area contributed by atoms with E-state index in [-0.39, 0.29) is 6.04 Å². The van der Waals surface area contributed by atoms with Crippen LogP contribution in [0.2, 0.25) is 0 Å². The van der Waals surface area contributed by atoms with Gasteiger partial charge in [0, 0.05) is 11.9 Å². The molecule has 17 heavy (non-hydrogen) atoms. The van der Waals surface area contributed by atoms with Crippen LogP contribution in [-0.2, 0) is 6.42 Å². The highest BCUT2D eigenvalue weighted by atomic mass is 16.5. The second-order valence-corrected chi connectivity index (χ2v) is 3.94. The van der Waals surface area contributed by atoms with Crippen LogP contribution in [-0.4, -0.2) is 15.1 Å². The number of hydrogen-bond acceptors (Lipinski definition) is 5. The van der Waals surface area contributed by atoms with Crippen molar-refractivity contribution in [1.82, 2.24) is 15.1 Å². The molecule has 5 heteroatoms. The molecule has 0 aromatic carbocycles. The Bertz CT molecular complexity index is 455. The first-order valence-electron chi connectivity index (χ1n) is 5.77. The summed E-state index contributed by atoms with van der Waals surface area (Å²) in [4.78, 5) is 8.49. The number of nitrogens with two attached hydrogens (primary N) is 1. The normalized spacial score (nSPS) is 12.6. The summed E-state index contributed by atoms with van der Waals surface area (Å²) in [5.41, 5.74) is 6.82. The van der Waals surface area contributed by atoms with Gasteiger partial charge < -0.3 is 10.3 Å². The maximum Gasteiger partial charge on any atom is 0.243 e. The molecule has 0 aliphatic rings. The van der Waals surface area contributed by atoms with Gasteiger partial charge in [0.2, 0.25) is 5.89 Å². The van der Waals surface area contributed by atoms with E-state index in [0.717, 1.165) is 18.5 Å². The predicted octanol–water partition coefficient (Wildman–Crippen LogP) is 1.86. The van der Waals surface area contributed by atoms with E-state index < -0.39 is 0 Å². The molecule has 2 heterocycles. The summed E-state index contributed by atoms with van der Waals surface area (Å²) in [5, 5.41) is 3.91. The highest BCUT2D eigenvalue weighted by Crippen LogP contribution is 2.14. The summed E-state index contributed by atoms with van der Waals surface area (Å²) >= 11 is 0. The molecule has 0 radical (unpaired) electrons. The van der Waals surface area contributed by atoms with E-state index in [0.29, 0.717) is 18.1 Å². The highest BCUT2D eigenvalue weighted by molar-refractivity contribution is 5.09. The van der Waals surface area contributed by atoms with Crippen LogP contribution < -0.4 is 5.73 Å². The Morgan fingerprint density at radius 2 is 2.29 bits per heavy atom. The number of hydrogen-bond donors (Lipinski definition) is 1. The second kappa shape index (κ2) is 5.54. The molecule has 0 aliphatic heterocycles. The van der Waals surface area contributed by atoms with E-state index >= 15 is 0 Å². The van der Waals surface area contributed by atoms with Crippen LogP contribution in [0.4, 0.5) is 0 Å². The molecule has 1 atom stereocenters. The van der Waals surface area contributed by atoms with Gasteiger partial charge in [0.25, 0.3) is 0 Å². The summed E-state index contributed by atoms with van der Waals surface area (Å²) in [7, 11) is 0. The third-order valence-corrected chi connectivity index (χ3v) is 2.47. The zero-order valence-electron chi connectivity index (χ0n) is 9.84. The van der Waals surface area contributed by atoms with Crippen molar-refractivity contribution in [2.45, 2.75) is 32.2 Å². The first-order valence-corrected chi connectivity index (χ1v) is 5.77. The molecule has 2 aromatic rings. The number of rotatable bonds is 5. The van der Waals surface area contributed by atoms with Crippen LogP contribution in [0.25, 0.3) is 0 Å². The van der Waals surface area contributed by atoms with Crippen molar-refractivity contribution in [3.05, 3.63) is 41.8 Å². The molecule has 0 saturated heterocycles. The van der Waals surface area contributed by atoms with Crippen molar-refractivity contribution in [2.24, 2.45) is 5.73 Å². The lowest BCUT2D eigenvalue weighted by Gasteiger charge is -2.02. The van der Waals surface area contributed by atoms with Crippen LogP contribution in [0.3, 0.4) is 0 Å². The minimum Gasteiger partial charge on any atom is -0.338 e. The molecule has 2 rings (SSSR count). The Morgan fingerprint density at radius 1 is 1.41 bits per heavy atom. The van der Waals surface area contributed by atoms with Gasteiger partial charge in [0.1, 0.15) is 0 Å². The van der Waals surface area contributed by atoms with Crippen molar-refractivity contribution in [2.75, 3.05) is 0 Å². The van der Waals surface area contributed by atoms with Gasteiger partial charge in [-0.1, -0.05) is 24.6 Å². The first kappa shape index (κ1) is 11.7. The highest BCUT2D eigenvalue weighted by Gasteiger charge is 2.14. The van der Waals surface area contributed by atoms with Gasteiger partial charge in [-0.2, -0.15) is 4.98 Å². The fourth-order valence-corrected chi connectivity index (χ4v) is 1.59. The van der Waals surface area contributed by atoms with E-state index in [1.54, 1.807) is 6.20 Å². The zero-order valence-corrected chi connectivity index (χ0v) is 9.84. The van der Waals surface area contributed by atoms with Gasteiger partial charge in [-0.25, -0.2) is 0 Å². The lowest BCUT2D eigenvalue weighted by molar-refractivity contribution is 0.344. The first-order chi connectivity index (χ1) is 8.29. The van der Waals surface area contributed by atoms with Crippen LogP contribution in [0.1, 0.15) is 43.2 Å². The molecule has 0 bridgehead atoms. The molecule has 0 amide bonds. The summed E-state index contributed by atoms with van der Waals surface area (Å²) in [6.07, 6.45) is 4.17. The van der Waals surface area contributed by atoms with E-state index in [2.05, 4.69) is 22.0 Å². The molecule has 0 spiro atoms. The lowest BCUT2D eigenvalue weighted by atomic mass is 10.2. The van der Waals surface area contributed by atoms with Crippen molar-refractivity contribution in [3.8, 4) is 0 Å². The summed E-state index contributed by atoms with van der Waals surface area (Å²) in [5.74, 6) is 1.14. The topological polar surface area (TPSA) is 77.8 Å². The number of pyridine rings is 1. The Hall–Kier alpha value is -1.75. The second-order valence-electron chi connectivity index (χ2n) is 3.94. The van der Waals surface area contributed by atoms with Crippen molar-refractivity contribution in [1.29, 1.82) is 0 Å². The standard InChI is InChI=1S/C12H16N4O/c1-2-5-10(13)12-15-11(16-17-12)8-9-6-3-4-7-14-9/h3-4,6-7,10H,2,5,8,13H2,1H3/t10-/m1/s1. The summed E-state index contributed by atoms with van der Waals surface area (Å²) in [6, 6.07) is 5.58. The Balaban J connectivity index is 2.04. The van der Waals surface area contributed by atoms with Gasteiger partial charge in [-0.15, -0.1) is 0 Å².